The number of nitrogens with zero attached hydrogens (tertiary/aromatic N) is 1. The Bertz CT molecular complexity index is 254. The smallest absolute Gasteiger partial charge is 0.223 e. The summed E-state index contributed by atoms with van der Waals surface area (Å²) in [6, 6.07) is 0.460. The maximum absolute atomic E-state index is 12.0. The van der Waals surface area contributed by atoms with Gasteiger partial charge in [-0.25, -0.2) is 0 Å². The van der Waals surface area contributed by atoms with Gasteiger partial charge in [0.15, 0.2) is 0 Å². The van der Waals surface area contributed by atoms with E-state index in [2.05, 4.69) is 33.0 Å². The topological polar surface area (TPSA) is 32.3 Å². The van der Waals surface area contributed by atoms with Crippen LogP contribution in [0.4, 0.5) is 0 Å². The Balaban J connectivity index is 2.32. The molecule has 0 radical (unpaired) electrons. The third-order valence-corrected chi connectivity index (χ3v) is 4.45. The molecule has 0 aromatic heterocycles. The van der Waals surface area contributed by atoms with Gasteiger partial charge in [0.25, 0.3) is 0 Å². The van der Waals surface area contributed by atoms with Gasteiger partial charge in [-0.1, -0.05) is 27.7 Å². The van der Waals surface area contributed by atoms with Gasteiger partial charge < -0.3 is 10.2 Å². The van der Waals surface area contributed by atoms with Crippen molar-refractivity contribution in [2.75, 3.05) is 25.4 Å². The lowest BCUT2D eigenvalue weighted by Gasteiger charge is -2.23. The fourth-order valence-electron chi connectivity index (χ4n) is 1.90. The molecule has 1 aliphatic rings. The first-order valence-electron chi connectivity index (χ1n) is 6.56. The van der Waals surface area contributed by atoms with Gasteiger partial charge in [-0.15, -0.1) is 0 Å². The van der Waals surface area contributed by atoms with Crippen LogP contribution in [0.2, 0.25) is 0 Å². The highest BCUT2D eigenvalue weighted by Crippen LogP contribution is 2.30. The second-order valence-electron chi connectivity index (χ2n) is 5.60. The molecular weight excluding hydrogens is 232 g/mol. The van der Waals surface area contributed by atoms with Crippen molar-refractivity contribution in [2.45, 2.75) is 51.3 Å². The number of carbonyl (C=O) groups is 1. The second-order valence-corrected chi connectivity index (χ2v) is 7.40. The molecule has 0 aromatic rings. The zero-order chi connectivity index (χ0) is 12.9. The van der Waals surface area contributed by atoms with Gasteiger partial charge in [0, 0.05) is 42.6 Å². The first-order chi connectivity index (χ1) is 7.91. The molecule has 0 aromatic carbocycles. The molecule has 1 saturated heterocycles. The molecule has 4 heteroatoms. The van der Waals surface area contributed by atoms with Gasteiger partial charge in [0.05, 0.1) is 0 Å². The van der Waals surface area contributed by atoms with Crippen LogP contribution in [-0.2, 0) is 4.79 Å². The van der Waals surface area contributed by atoms with Gasteiger partial charge in [0.2, 0.25) is 5.91 Å². The fraction of sp³-hybridized carbons (Fsp3) is 0.923. The molecule has 1 rings (SSSR count). The average Bonchev–Trinajstić information content (AvgIpc) is 2.38. The van der Waals surface area contributed by atoms with Crippen molar-refractivity contribution >= 4 is 17.7 Å². The molecular formula is C13H26N2OS. The summed E-state index contributed by atoms with van der Waals surface area (Å²) >= 11 is 1.98. The van der Waals surface area contributed by atoms with Gasteiger partial charge in [-0.05, 0) is 6.42 Å². The maximum atomic E-state index is 12.0. The molecule has 0 unspecified atom stereocenters. The molecule has 0 saturated carbocycles. The monoisotopic (exact) mass is 258 g/mol. The van der Waals surface area contributed by atoms with E-state index in [9.17, 15) is 4.79 Å². The molecule has 1 aliphatic heterocycles. The van der Waals surface area contributed by atoms with Crippen molar-refractivity contribution in [2.24, 2.45) is 0 Å². The van der Waals surface area contributed by atoms with E-state index >= 15 is 0 Å². The molecule has 1 heterocycles. The molecule has 0 aliphatic carbocycles. The standard InChI is InChI=1S/C13H26N2OS/c1-11(2)14-7-5-12(16)15-8-6-13(3,4)17-10-9-15/h11,14H,5-10H2,1-4H3. The Morgan fingerprint density at radius 1 is 1.41 bits per heavy atom. The van der Waals surface area contributed by atoms with E-state index in [1.807, 2.05) is 16.7 Å². The predicted molar refractivity (Wildman–Crippen MR) is 75.5 cm³/mol. The number of amides is 1. The zero-order valence-electron chi connectivity index (χ0n) is 11.6. The number of hydrogen-bond acceptors (Lipinski definition) is 3. The van der Waals surface area contributed by atoms with Crippen molar-refractivity contribution in [3.05, 3.63) is 0 Å². The average molecular weight is 258 g/mol. The number of thioether (sulfide) groups is 1. The van der Waals surface area contributed by atoms with Gasteiger partial charge in [0.1, 0.15) is 0 Å². The lowest BCUT2D eigenvalue weighted by atomic mass is 10.1. The minimum Gasteiger partial charge on any atom is -0.342 e. The largest absolute Gasteiger partial charge is 0.342 e. The summed E-state index contributed by atoms with van der Waals surface area (Å²) in [4.78, 5) is 14.1. The third-order valence-electron chi connectivity index (χ3n) is 3.08. The van der Waals surface area contributed by atoms with Gasteiger partial charge >= 0.3 is 0 Å². The van der Waals surface area contributed by atoms with Crippen LogP contribution in [-0.4, -0.2) is 47.0 Å². The van der Waals surface area contributed by atoms with E-state index in [4.69, 9.17) is 0 Å². The molecule has 0 spiro atoms. The lowest BCUT2D eigenvalue weighted by Crippen LogP contribution is -2.36. The molecule has 100 valence electrons. The Kier molecular flexibility index (Phi) is 5.80. The van der Waals surface area contributed by atoms with Crippen LogP contribution in [0.15, 0.2) is 0 Å². The van der Waals surface area contributed by atoms with Crippen LogP contribution in [0, 0.1) is 0 Å². The summed E-state index contributed by atoms with van der Waals surface area (Å²) in [5.41, 5.74) is 0. The number of hydrogen-bond donors (Lipinski definition) is 1. The van der Waals surface area contributed by atoms with E-state index < -0.39 is 0 Å². The number of carbonyl (C=O) groups excluding carboxylic acids is 1. The van der Waals surface area contributed by atoms with E-state index in [1.165, 1.54) is 0 Å². The molecule has 1 fully saturated rings. The van der Waals surface area contributed by atoms with Crippen molar-refractivity contribution in [3.63, 3.8) is 0 Å². The summed E-state index contributed by atoms with van der Waals surface area (Å²) in [5, 5.41) is 3.29. The van der Waals surface area contributed by atoms with E-state index in [-0.39, 0.29) is 0 Å². The van der Waals surface area contributed by atoms with Crippen molar-refractivity contribution in [1.82, 2.24) is 10.2 Å². The number of nitrogens with one attached hydrogen (secondary N) is 1. The fourth-order valence-corrected chi connectivity index (χ4v) is 3.00. The summed E-state index contributed by atoms with van der Waals surface area (Å²) in [7, 11) is 0. The quantitative estimate of drug-likeness (QED) is 0.838. The highest BCUT2D eigenvalue weighted by atomic mass is 32.2. The molecule has 1 N–H and O–H groups in total. The third kappa shape index (κ3) is 5.77. The van der Waals surface area contributed by atoms with Crippen LogP contribution in [0.5, 0.6) is 0 Å². The van der Waals surface area contributed by atoms with Gasteiger partial charge in [-0.3, -0.25) is 4.79 Å². The van der Waals surface area contributed by atoms with Crippen LogP contribution in [0.25, 0.3) is 0 Å². The first-order valence-corrected chi connectivity index (χ1v) is 7.54. The number of rotatable bonds is 4. The van der Waals surface area contributed by atoms with Gasteiger partial charge in [-0.2, -0.15) is 11.8 Å². The van der Waals surface area contributed by atoms with E-state index in [0.29, 0.717) is 23.1 Å². The first kappa shape index (κ1) is 14.8. The summed E-state index contributed by atoms with van der Waals surface area (Å²) < 4.78 is 0.325. The predicted octanol–water partition coefficient (Wildman–Crippen LogP) is 2.12. The Labute approximate surface area is 110 Å². The molecule has 1 amide bonds. The maximum Gasteiger partial charge on any atom is 0.223 e. The SMILES string of the molecule is CC(C)NCCC(=O)N1CCSC(C)(C)CC1. The molecule has 0 bridgehead atoms. The van der Waals surface area contributed by atoms with Crippen LogP contribution in [0.1, 0.15) is 40.5 Å². The minimum absolute atomic E-state index is 0.302. The highest BCUT2D eigenvalue weighted by molar-refractivity contribution is 8.00. The Hall–Kier alpha value is -0.220. The van der Waals surface area contributed by atoms with Crippen molar-refractivity contribution in [1.29, 1.82) is 0 Å². The summed E-state index contributed by atoms with van der Waals surface area (Å²) in [6.07, 6.45) is 1.73. The zero-order valence-corrected chi connectivity index (χ0v) is 12.4. The van der Waals surface area contributed by atoms with Crippen molar-refractivity contribution < 1.29 is 4.79 Å². The minimum atomic E-state index is 0.302. The van der Waals surface area contributed by atoms with Crippen LogP contribution >= 0.6 is 11.8 Å². The van der Waals surface area contributed by atoms with E-state index in [1.54, 1.807) is 0 Å². The molecule has 3 nitrogen and oxygen atoms in total. The van der Waals surface area contributed by atoms with Crippen LogP contribution in [0.3, 0.4) is 0 Å². The Morgan fingerprint density at radius 3 is 2.76 bits per heavy atom. The summed E-state index contributed by atoms with van der Waals surface area (Å²) in [6.45, 7) is 11.4. The molecule has 0 atom stereocenters. The van der Waals surface area contributed by atoms with Crippen LogP contribution < -0.4 is 5.32 Å². The Morgan fingerprint density at radius 2 is 2.12 bits per heavy atom. The summed E-state index contributed by atoms with van der Waals surface area (Å²) in [5.74, 6) is 1.37. The van der Waals surface area contributed by atoms with E-state index in [0.717, 1.165) is 31.8 Å². The normalized spacial score (nSPS) is 20.4. The second kappa shape index (κ2) is 6.64. The lowest BCUT2D eigenvalue weighted by molar-refractivity contribution is -0.130. The highest BCUT2D eigenvalue weighted by Gasteiger charge is 2.25. The van der Waals surface area contributed by atoms with Crippen molar-refractivity contribution in [3.8, 4) is 0 Å². The molecule has 17 heavy (non-hydrogen) atoms.